The molecule has 1 aliphatic heterocycles. The van der Waals surface area contributed by atoms with Crippen molar-refractivity contribution < 1.29 is 8.42 Å². The van der Waals surface area contributed by atoms with Crippen molar-refractivity contribution in [2.45, 2.75) is 25.8 Å². The van der Waals surface area contributed by atoms with Gasteiger partial charge in [0.05, 0.1) is 11.5 Å². The standard InChI is InChI=1S/C14H22N2O2S/c1-12-3-5-13(6-4-12)16(9-2-8-15)14-7-10-19(17,18)11-14/h3-6,14H,2,7-11,15H2,1H3. The van der Waals surface area contributed by atoms with Gasteiger partial charge in [-0.3, -0.25) is 0 Å². The molecule has 106 valence electrons. The summed E-state index contributed by atoms with van der Waals surface area (Å²) in [5.41, 5.74) is 7.89. The number of rotatable bonds is 5. The molecule has 1 heterocycles. The SMILES string of the molecule is Cc1ccc(N(CCCN)C2CCS(=O)(=O)C2)cc1. The molecule has 1 saturated heterocycles. The van der Waals surface area contributed by atoms with Crippen molar-refractivity contribution in [3.63, 3.8) is 0 Å². The summed E-state index contributed by atoms with van der Waals surface area (Å²) in [6, 6.07) is 8.36. The molecule has 19 heavy (non-hydrogen) atoms. The number of aryl methyl sites for hydroxylation is 1. The molecule has 1 aliphatic rings. The summed E-state index contributed by atoms with van der Waals surface area (Å²) in [6.07, 6.45) is 1.60. The number of hydrogen-bond donors (Lipinski definition) is 1. The van der Waals surface area contributed by atoms with Gasteiger partial charge in [0.2, 0.25) is 0 Å². The molecule has 0 aliphatic carbocycles. The van der Waals surface area contributed by atoms with Crippen molar-refractivity contribution in [1.82, 2.24) is 0 Å². The topological polar surface area (TPSA) is 63.4 Å². The van der Waals surface area contributed by atoms with E-state index >= 15 is 0 Å². The van der Waals surface area contributed by atoms with E-state index in [-0.39, 0.29) is 11.8 Å². The summed E-state index contributed by atoms with van der Waals surface area (Å²) in [5.74, 6) is 0.577. The molecule has 1 atom stereocenters. The van der Waals surface area contributed by atoms with Crippen molar-refractivity contribution in [3.8, 4) is 0 Å². The minimum atomic E-state index is -2.85. The normalized spacial score (nSPS) is 21.5. The number of hydrogen-bond acceptors (Lipinski definition) is 4. The van der Waals surface area contributed by atoms with Crippen LogP contribution in [0.5, 0.6) is 0 Å². The highest BCUT2D eigenvalue weighted by molar-refractivity contribution is 7.91. The largest absolute Gasteiger partial charge is 0.367 e. The number of nitrogens with two attached hydrogens (primary N) is 1. The van der Waals surface area contributed by atoms with Crippen LogP contribution >= 0.6 is 0 Å². The molecule has 0 radical (unpaired) electrons. The van der Waals surface area contributed by atoms with Gasteiger partial charge in [-0.2, -0.15) is 0 Å². The first-order chi connectivity index (χ1) is 9.02. The van der Waals surface area contributed by atoms with Gasteiger partial charge >= 0.3 is 0 Å². The zero-order valence-electron chi connectivity index (χ0n) is 11.4. The highest BCUT2D eigenvalue weighted by Gasteiger charge is 2.32. The molecule has 0 aromatic heterocycles. The van der Waals surface area contributed by atoms with E-state index < -0.39 is 9.84 Å². The third kappa shape index (κ3) is 3.70. The van der Waals surface area contributed by atoms with Crippen LogP contribution in [-0.4, -0.2) is 39.1 Å². The lowest BCUT2D eigenvalue weighted by Crippen LogP contribution is -2.37. The Hall–Kier alpha value is -1.07. The number of sulfone groups is 1. The Balaban J connectivity index is 2.18. The van der Waals surface area contributed by atoms with E-state index in [1.54, 1.807) is 0 Å². The fourth-order valence-corrected chi connectivity index (χ4v) is 4.27. The average Bonchev–Trinajstić information content (AvgIpc) is 2.72. The quantitative estimate of drug-likeness (QED) is 0.885. The molecule has 1 aromatic carbocycles. The van der Waals surface area contributed by atoms with E-state index in [0.717, 1.165) is 25.1 Å². The fraction of sp³-hybridized carbons (Fsp3) is 0.571. The van der Waals surface area contributed by atoms with E-state index in [0.29, 0.717) is 12.3 Å². The minimum Gasteiger partial charge on any atom is -0.367 e. The Labute approximate surface area is 115 Å². The van der Waals surface area contributed by atoms with E-state index in [1.165, 1.54) is 5.56 Å². The molecule has 4 nitrogen and oxygen atoms in total. The summed E-state index contributed by atoms with van der Waals surface area (Å²) in [6.45, 7) is 3.50. The van der Waals surface area contributed by atoms with Crippen LogP contribution in [0.15, 0.2) is 24.3 Å². The van der Waals surface area contributed by atoms with Crippen molar-refractivity contribution in [3.05, 3.63) is 29.8 Å². The zero-order valence-corrected chi connectivity index (χ0v) is 12.2. The zero-order chi connectivity index (χ0) is 13.9. The lowest BCUT2D eigenvalue weighted by molar-refractivity contribution is 0.597. The molecule has 0 bridgehead atoms. The molecule has 0 spiro atoms. The second kappa shape index (κ2) is 5.92. The van der Waals surface area contributed by atoms with Crippen LogP contribution in [0.2, 0.25) is 0 Å². The van der Waals surface area contributed by atoms with Gasteiger partial charge in [0.15, 0.2) is 9.84 Å². The molecular weight excluding hydrogens is 260 g/mol. The predicted molar refractivity (Wildman–Crippen MR) is 79.3 cm³/mol. The highest BCUT2D eigenvalue weighted by atomic mass is 32.2. The third-order valence-corrected chi connectivity index (χ3v) is 5.37. The van der Waals surface area contributed by atoms with E-state index in [1.807, 2.05) is 6.92 Å². The van der Waals surface area contributed by atoms with Gasteiger partial charge in [0, 0.05) is 18.3 Å². The molecule has 2 N–H and O–H groups in total. The van der Waals surface area contributed by atoms with Crippen LogP contribution in [0.1, 0.15) is 18.4 Å². The van der Waals surface area contributed by atoms with E-state index in [9.17, 15) is 8.42 Å². The fourth-order valence-electron chi connectivity index (χ4n) is 2.54. The molecule has 0 saturated carbocycles. The second-order valence-corrected chi connectivity index (χ2v) is 7.46. The van der Waals surface area contributed by atoms with Gasteiger partial charge < -0.3 is 10.6 Å². The average molecular weight is 282 g/mol. The van der Waals surface area contributed by atoms with Gasteiger partial charge in [-0.25, -0.2) is 8.42 Å². The minimum absolute atomic E-state index is 0.0965. The maximum atomic E-state index is 11.7. The molecule has 1 fully saturated rings. The Bertz CT molecular complexity index is 511. The summed E-state index contributed by atoms with van der Waals surface area (Å²) in [5, 5.41) is 0. The van der Waals surface area contributed by atoms with Crippen LogP contribution in [0.3, 0.4) is 0 Å². The Kier molecular flexibility index (Phi) is 4.47. The van der Waals surface area contributed by atoms with Crippen LogP contribution in [0.25, 0.3) is 0 Å². The summed E-state index contributed by atoms with van der Waals surface area (Å²) >= 11 is 0. The maximum Gasteiger partial charge on any atom is 0.152 e. The van der Waals surface area contributed by atoms with Gasteiger partial charge in [0.25, 0.3) is 0 Å². The summed E-state index contributed by atoms with van der Waals surface area (Å²) < 4.78 is 23.3. The Morgan fingerprint density at radius 3 is 2.53 bits per heavy atom. The number of anilines is 1. The smallest absolute Gasteiger partial charge is 0.152 e. The van der Waals surface area contributed by atoms with Gasteiger partial charge in [-0.15, -0.1) is 0 Å². The van der Waals surface area contributed by atoms with Gasteiger partial charge in [-0.05, 0) is 38.4 Å². The molecule has 1 unspecified atom stereocenters. The first kappa shape index (κ1) is 14.3. The van der Waals surface area contributed by atoms with Gasteiger partial charge in [-0.1, -0.05) is 17.7 Å². The van der Waals surface area contributed by atoms with Crippen molar-refractivity contribution in [1.29, 1.82) is 0 Å². The van der Waals surface area contributed by atoms with Gasteiger partial charge in [0.1, 0.15) is 0 Å². The van der Waals surface area contributed by atoms with Crippen LogP contribution < -0.4 is 10.6 Å². The number of benzene rings is 1. The number of nitrogens with zero attached hydrogens (tertiary/aromatic N) is 1. The highest BCUT2D eigenvalue weighted by Crippen LogP contribution is 2.24. The maximum absolute atomic E-state index is 11.7. The van der Waals surface area contributed by atoms with E-state index in [4.69, 9.17) is 5.73 Å². The first-order valence-electron chi connectivity index (χ1n) is 6.75. The molecule has 1 aromatic rings. The van der Waals surface area contributed by atoms with E-state index in [2.05, 4.69) is 29.2 Å². The molecule has 0 amide bonds. The summed E-state index contributed by atoms with van der Waals surface area (Å²) in [7, 11) is -2.85. The van der Waals surface area contributed by atoms with Crippen molar-refractivity contribution in [2.24, 2.45) is 5.73 Å². The van der Waals surface area contributed by atoms with Crippen molar-refractivity contribution >= 4 is 15.5 Å². The van der Waals surface area contributed by atoms with Crippen LogP contribution in [0.4, 0.5) is 5.69 Å². The predicted octanol–water partition coefficient (Wildman–Crippen LogP) is 1.34. The first-order valence-corrected chi connectivity index (χ1v) is 8.58. The Morgan fingerprint density at radius 1 is 1.32 bits per heavy atom. The summed E-state index contributed by atoms with van der Waals surface area (Å²) in [4.78, 5) is 2.21. The third-order valence-electron chi connectivity index (χ3n) is 3.62. The Morgan fingerprint density at radius 2 is 2.00 bits per heavy atom. The molecule has 2 rings (SSSR count). The lowest BCUT2D eigenvalue weighted by Gasteiger charge is -2.30. The van der Waals surface area contributed by atoms with Crippen LogP contribution in [-0.2, 0) is 9.84 Å². The molecule has 5 heteroatoms. The van der Waals surface area contributed by atoms with Crippen molar-refractivity contribution in [2.75, 3.05) is 29.5 Å². The lowest BCUT2D eigenvalue weighted by atomic mass is 10.1. The second-order valence-electron chi connectivity index (χ2n) is 5.23. The monoisotopic (exact) mass is 282 g/mol. The van der Waals surface area contributed by atoms with Crippen LogP contribution in [0, 0.1) is 6.92 Å². The molecular formula is C14H22N2O2S.